The minimum Gasteiger partial charge on any atom is -0.324 e. The summed E-state index contributed by atoms with van der Waals surface area (Å²) in [7, 11) is 0. The maximum Gasteiger partial charge on any atom is 0.0375 e. The maximum absolute atomic E-state index is 6.24. The van der Waals surface area contributed by atoms with Gasteiger partial charge < -0.3 is 5.73 Å². The van der Waals surface area contributed by atoms with Crippen LogP contribution in [0.1, 0.15) is 43.0 Å². The zero-order valence-corrected chi connectivity index (χ0v) is 8.74. The van der Waals surface area contributed by atoms with Gasteiger partial charge in [0.15, 0.2) is 0 Å². The average Bonchev–Trinajstić information content (AvgIpc) is 2.69. The van der Waals surface area contributed by atoms with Crippen molar-refractivity contribution < 1.29 is 0 Å². The molecule has 2 heteroatoms. The molecule has 1 saturated carbocycles. The summed E-state index contributed by atoms with van der Waals surface area (Å²) in [5.74, 6) is 0.691. The molecule has 0 bridgehead atoms. The summed E-state index contributed by atoms with van der Waals surface area (Å²) in [6, 6.07) is 4.39. The summed E-state index contributed by atoms with van der Waals surface area (Å²) in [5.41, 5.74) is 8.56. The summed E-state index contributed by atoms with van der Waals surface area (Å²) >= 11 is 0. The van der Waals surface area contributed by atoms with Crippen molar-refractivity contribution in [1.82, 2.24) is 4.98 Å². The van der Waals surface area contributed by atoms with E-state index in [1.807, 2.05) is 13.1 Å². The number of hydrogen-bond acceptors (Lipinski definition) is 2. The molecule has 1 aliphatic rings. The Balaban J connectivity index is 2.13. The molecule has 76 valence electrons. The number of hydrogen-bond donors (Lipinski definition) is 1. The van der Waals surface area contributed by atoms with E-state index in [4.69, 9.17) is 5.73 Å². The third kappa shape index (κ3) is 1.95. The summed E-state index contributed by atoms with van der Waals surface area (Å²) in [6.07, 6.45) is 7.15. The van der Waals surface area contributed by atoms with Gasteiger partial charge in [0.25, 0.3) is 0 Å². The second kappa shape index (κ2) is 4.09. The van der Waals surface area contributed by atoms with Gasteiger partial charge in [-0.2, -0.15) is 0 Å². The Hall–Kier alpha value is -0.890. The Morgan fingerprint density at radius 3 is 2.79 bits per heavy atom. The van der Waals surface area contributed by atoms with Crippen molar-refractivity contribution in [3.8, 4) is 0 Å². The average molecular weight is 190 g/mol. The van der Waals surface area contributed by atoms with E-state index >= 15 is 0 Å². The van der Waals surface area contributed by atoms with E-state index < -0.39 is 0 Å². The molecule has 0 aromatic carbocycles. The number of aromatic nitrogens is 1. The minimum atomic E-state index is 0.221. The van der Waals surface area contributed by atoms with Gasteiger partial charge >= 0.3 is 0 Å². The Morgan fingerprint density at radius 2 is 2.14 bits per heavy atom. The lowest BCUT2D eigenvalue weighted by atomic mass is 9.93. The van der Waals surface area contributed by atoms with Crippen LogP contribution in [0.15, 0.2) is 18.3 Å². The lowest BCUT2D eigenvalue weighted by Crippen LogP contribution is -2.19. The van der Waals surface area contributed by atoms with Gasteiger partial charge in [-0.05, 0) is 43.4 Å². The highest BCUT2D eigenvalue weighted by Gasteiger charge is 2.23. The summed E-state index contributed by atoms with van der Waals surface area (Å²) in [5, 5.41) is 0. The first-order valence-corrected chi connectivity index (χ1v) is 5.45. The number of pyridine rings is 1. The lowest BCUT2D eigenvalue weighted by Gasteiger charge is -2.19. The number of aryl methyl sites for hydroxylation is 1. The van der Waals surface area contributed by atoms with Gasteiger partial charge in [-0.25, -0.2) is 0 Å². The first-order chi connectivity index (χ1) is 6.77. The van der Waals surface area contributed by atoms with Crippen LogP contribution in [0.2, 0.25) is 0 Å². The van der Waals surface area contributed by atoms with Gasteiger partial charge in [0.1, 0.15) is 0 Å². The molecule has 0 saturated heterocycles. The van der Waals surface area contributed by atoms with Crippen LogP contribution in [0.25, 0.3) is 0 Å². The zero-order chi connectivity index (χ0) is 9.97. The fraction of sp³-hybridized carbons (Fsp3) is 0.583. The van der Waals surface area contributed by atoms with E-state index in [2.05, 4.69) is 17.1 Å². The molecule has 0 radical (unpaired) electrons. The lowest BCUT2D eigenvalue weighted by molar-refractivity contribution is 0.444. The summed E-state index contributed by atoms with van der Waals surface area (Å²) in [4.78, 5) is 4.19. The van der Waals surface area contributed by atoms with Gasteiger partial charge in [-0.15, -0.1) is 0 Å². The molecule has 2 nitrogen and oxygen atoms in total. The highest BCUT2D eigenvalue weighted by molar-refractivity contribution is 5.20. The van der Waals surface area contributed by atoms with Crippen molar-refractivity contribution in [1.29, 1.82) is 0 Å². The largest absolute Gasteiger partial charge is 0.324 e. The smallest absolute Gasteiger partial charge is 0.0375 e. The molecule has 0 aliphatic heterocycles. The minimum absolute atomic E-state index is 0.221. The Bertz CT molecular complexity index is 303. The van der Waals surface area contributed by atoms with Crippen LogP contribution in [0.3, 0.4) is 0 Å². The summed E-state index contributed by atoms with van der Waals surface area (Å²) < 4.78 is 0. The van der Waals surface area contributed by atoms with Crippen molar-refractivity contribution in [2.45, 2.75) is 38.6 Å². The fourth-order valence-electron chi connectivity index (χ4n) is 2.36. The number of nitrogens with two attached hydrogens (primary N) is 1. The van der Waals surface area contributed by atoms with Crippen molar-refractivity contribution in [2.75, 3.05) is 0 Å². The Kier molecular flexibility index (Phi) is 2.82. The van der Waals surface area contributed by atoms with Crippen LogP contribution >= 0.6 is 0 Å². The molecule has 1 atom stereocenters. The first kappa shape index (κ1) is 9.66. The van der Waals surface area contributed by atoms with Gasteiger partial charge in [0, 0.05) is 17.9 Å². The molecule has 14 heavy (non-hydrogen) atoms. The summed E-state index contributed by atoms with van der Waals surface area (Å²) in [6.45, 7) is 2.02. The van der Waals surface area contributed by atoms with Gasteiger partial charge in [0.2, 0.25) is 0 Å². The van der Waals surface area contributed by atoms with Gasteiger partial charge in [-0.3, -0.25) is 4.98 Å². The van der Waals surface area contributed by atoms with E-state index in [0.29, 0.717) is 5.92 Å². The molecule has 0 spiro atoms. The second-order valence-corrected chi connectivity index (χ2v) is 4.30. The number of nitrogens with zero attached hydrogens (tertiary/aromatic N) is 1. The van der Waals surface area contributed by atoms with Crippen LogP contribution in [0.4, 0.5) is 0 Å². The SMILES string of the molecule is Cc1cc(C(N)C2CCCC2)ccn1. The highest BCUT2D eigenvalue weighted by atomic mass is 14.7. The van der Waals surface area contributed by atoms with E-state index in [9.17, 15) is 0 Å². The normalized spacial score (nSPS) is 19.9. The van der Waals surface area contributed by atoms with Crippen LogP contribution in [0, 0.1) is 12.8 Å². The molecule has 1 unspecified atom stereocenters. The standard InChI is InChI=1S/C12H18N2/c1-9-8-11(6-7-14-9)12(13)10-4-2-3-5-10/h6-8,10,12H,2-5,13H2,1H3. The molecule has 0 amide bonds. The molecule has 1 aliphatic carbocycles. The number of rotatable bonds is 2. The quantitative estimate of drug-likeness (QED) is 0.778. The van der Waals surface area contributed by atoms with Crippen molar-refractivity contribution in [2.24, 2.45) is 11.7 Å². The maximum atomic E-state index is 6.24. The Morgan fingerprint density at radius 1 is 1.43 bits per heavy atom. The second-order valence-electron chi connectivity index (χ2n) is 4.30. The van der Waals surface area contributed by atoms with Crippen molar-refractivity contribution >= 4 is 0 Å². The molecule has 1 fully saturated rings. The fourth-order valence-corrected chi connectivity index (χ4v) is 2.36. The van der Waals surface area contributed by atoms with Crippen LogP contribution in [-0.2, 0) is 0 Å². The molecule has 1 heterocycles. The van der Waals surface area contributed by atoms with E-state index in [1.165, 1.54) is 31.2 Å². The predicted octanol–water partition coefficient (Wildman–Crippen LogP) is 2.58. The molecule has 1 aromatic heterocycles. The van der Waals surface area contributed by atoms with E-state index in [0.717, 1.165) is 5.69 Å². The predicted molar refractivity (Wildman–Crippen MR) is 57.9 cm³/mol. The first-order valence-electron chi connectivity index (χ1n) is 5.45. The van der Waals surface area contributed by atoms with Crippen LogP contribution in [-0.4, -0.2) is 4.98 Å². The third-order valence-electron chi connectivity index (χ3n) is 3.21. The highest BCUT2D eigenvalue weighted by Crippen LogP contribution is 2.33. The van der Waals surface area contributed by atoms with Crippen molar-refractivity contribution in [3.05, 3.63) is 29.6 Å². The van der Waals surface area contributed by atoms with Crippen LogP contribution in [0.5, 0.6) is 0 Å². The molecular formula is C12H18N2. The monoisotopic (exact) mass is 190 g/mol. The molecular weight excluding hydrogens is 172 g/mol. The van der Waals surface area contributed by atoms with E-state index in [1.54, 1.807) is 0 Å². The topological polar surface area (TPSA) is 38.9 Å². The van der Waals surface area contributed by atoms with Crippen molar-refractivity contribution in [3.63, 3.8) is 0 Å². The molecule has 1 aromatic rings. The third-order valence-corrected chi connectivity index (χ3v) is 3.21. The van der Waals surface area contributed by atoms with Gasteiger partial charge in [0.05, 0.1) is 0 Å². The van der Waals surface area contributed by atoms with E-state index in [-0.39, 0.29) is 6.04 Å². The molecule has 2 rings (SSSR count). The van der Waals surface area contributed by atoms with Crippen LogP contribution < -0.4 is 5.73 Å². The zero-order valence-electron chi connectivity index (χ0n) is 8.74. The Labute approximate surface area is 85.5 Å². The molecule has 2 N–H and O–H groups in total. The van der Waals surface area contributed by atoms with Gasteiger partial charge in [-0.1, -0.05) is 12.8 Å².